The smallest absolute Gasteiger partial charge is 0.118 e. The third kappa shape index (κ3) is 4.08. The Hall–Kier alpha value is -1.32. The van der Waals surface area contributed by atoms with Gasteiger partial charge in [-0.3, -0.25) is 0 Å². The van der Waals surface area contributed by atoms with Crippen molar-refractivity contribution in [3.05, 3.63) is 64.1 Å². The van der Waals surface area contributed by atoms with E-state index >= 15 is 0 Å². The minimum atomic E-state index is 0.0789. The summed E-state index contributed by atoms with van der Waals surface area (Å²) >= 11 is 3.43. The first-order valence-electron chi connectivity index (χ1n) is 6.33. The number of benzene rings is 2. The second-order valence-corrected chi connectivity index (χ2v) is 5.46. The molecule has 0 fully saturated rings. The van der Waals surface area contributed by atoms with E-state index in [1.54, 1.807) is 7.11 Å². The summed E-state index contributed by atoms with van der Waals surface area (Å²) in [6, 6.07) is 16.4. The second kappa shape index (κ2) is 6.73. The van der Waals surface area contributed by atoms with E-state index in [2.05, 4.69) is 40.2 Å². The van der Waals surface area contributed by atoms with Crippen LogP contribution >= 0.6 is 15.9 Å². The molecule has 100 valence electrons. The normalized spacial score (nSPS) is 12.2. The fourth-order valence-electron chi connectivity index (χ4n) is 1.99. The minimum Gasteiger partial charge on any atom is -0.497 e. The molecule has 0 spiro atoms. The zero-order valence-corrected chi connectivity index (χ0v) is 12.6. The molecular weight excluding hydrogens is 302 g/mol. The summed E-state index contributed by atoms with van der Waals surface area (Å²) in [5.41, 5.74) is 8.67. The Balaban J connectivity index is 1.92. The van der Waals surface area contributed by atoms with Gasteiger partial charge in [0.2, 0.25) is 0 Å². The summed E-state index contributed by atoms with van der Waals surface area (Å²) in [7, 11) is 1.68. The zero-order chi connectivity index (χ0) is 13.7. The minimum absolute atomic E-state index is 0.0789. The molecule has 2 aromatic carbocycles. The largest absolute Gasteiger partial charge is 0.497 e. The highest BCUT2D eigenvalue weighted by molar-refractivity contribution is 9.10. The van der Waals surface area contributed by atoms with Crippen molar-refractivity contribution in [2.45, 2.75) is 18.9 Å². The molecule has 2 aromatic rings. The summed E-state index contributed by atoms with van der Waals surface area (Å²) in [6.45, 7) is 0. The van der Waals surface area contributed by atoms with E-state index in [4.69, 9.17) is 10.5 Å². The third-order valence-corrected chi connectivity index (χ3v) is 3.73. The number of hydrogen-bond donors (Lipinski definition) is 1. The molecule has 0 saturated heterocycles. The molecule has 0 bridgehead atoms. The molecule has 0 amide bonds. The van der Waals surface area contributed by atoms with Gasteiger partial charge in [-0.15, -0.1) is 0 Å². The first-order valence-corrected chi connectivity index (χ1v) is 7.12. The van der Waals surface area contributed by atoms with Crippen LogP contribution in [0.1, 0.15) is 23.6 Å². The molecular formula is C16H18BrNO. The van der Waals surface area contributed by atoms with Crippen LogP contribution in [0.2, 0.25) is 0 Å². The van der Waals surface area contributed by atoms with E-state index in [9.17, 15) is 0 Å². The summed E-state index contributed by atoms with van der Waals surface area (Å²) in [5, 5.41) is 0. The van der Waals surface area contributed by atoms with Gasteiger partial charge in [-0.1, -0.05) is 40.2 Å². The van der Waals surface area contributed by atoms with Gasteiger partial charge < -0.3 is 10.5 Å². The number of nitrogens with two attached hydrogens (primary N) is 1. The molecule has 3 heteroatoms. The first-order chi connectivity index (χ1) is 9.19. The van der Waals surface area contributed by atoms with Crippen LogP contribution in [0.25, 0.3) is 0 Å². The van der Waals surface area contributed by atoms with Crippen molar-refractivity contribution in [2.75, 3.05) is 7.11 Å². The van der Waals surface area contributed by atoms with Gasteiger partial charge in [-0.25, -0.2) is 0 Å². The highest BCUT2D eigenvalue weighted by atomic mass is 79.9. The average molecular weight is 320 g/mol. The molecule has 0 heterocycles. The molecule has 0 radical (unpaired) electrons. The predicted molar refractivity (Wildman–Crippen MR) is 82.4 cm³/mol. The zero-order valence-electron chi connectivity index (χ0n) is 11.0. The van der Waals surface area contributed by atoms with Gasteiger partial charge in [-0.2, -0.15) is 0 Å². The molecule has 19 heavy (non-hydrogen) atoms. The molecule has 0 aliphatic rings. The van der Waals surface area contributed by atoms with Crippen molar-refractivity contribution in [1.82, 2.24) is 0 Å². The number of hydrogen-bond acceptors (Lipinski definition) is 2. The molecule has 1 atom stereocenters. The number of rotatable bonds is 5. The van der Waals surface area contributed by atoms with E-state index in [1.807, 2.05) is 24.3 Å². The Bertz CT molecular complexity index is 507. The molecule has 0 aliphatic carbocycles. The van der Waals surface area contributed by atoms with Crippen LogP contribution in [-0.2, 0) is 6.42 Å². The first kappa shape index (κ1) is 14.1. The highest BCUT2D eigenvalue weighted by Crippen LogP contribution is 2.20. The SMILES string of the molecule is COc1ccc(CCC(N)c2ccc(Br)cc2)cc1. The Labute approximate surface area is 122 Å². The molecule has 2 nitrogen and oxygen atoms in total. The molecule has 0 aromatic heterocycles. The Morgan fingerprint density at radius 1 is 1.05 bits per heavy atom. The van der Waals surface area contributed by atoms with Crippen LogP contribution in [0.3, 0.4) is 0 Å². The number of aryl methyl sites for hydroxylation is 1. The van der Waals surface area contributed by atoms with Crippen molar-refractivity contribution in [1.29, 1.82) is 0 Å². The summed E-state index contributed by atoms with van der Waals surface area (Å²) < 4.78 is 6.23. The van der Waals surface area contributed by atoms with Crippen molar-refractivity contribution < 1.29 is 4.74 Å². The third-order valence-electron chi connectivity index (χ3n) is 3.20. The second-order valence-electron chi connectivity index (χ2n) is 4.54. The van der Waals surface area contributed by atoms with Gasteiger partial charge in [0.15, 0.2) is 0 Å². The van der Waals surface area contributed by atoms with E-state index in [-0.39, 0.29) is 6.04 Å². The van der Waals surface area contributed by atoms with Crippen molar-refractivity contribution in [3.63, 3.8) is 0 Å². The van der Waals surface area contributed by atoms with E-state index in [1.165, 1.54) is 11.1 Å². The lowest BCUT2D eigenvalue weighted by molar-refractivity contribution is 0.414. The number of ether oxygens (including phenoxy) is 1. The lowest BCUT2D eigenvalue weighted by Gasteiger charge is -2.12. The van der Waals surface area contributed by atoms with Crippen molar-refractivity contribution >= 4 is 15.9 Å². The lowest BCUT2D eigenvalue weighted by atomic mass is 10.00. The van der Waals surface area contributed by atoms with Crippen molar-refractivity contribution in [3.8, 4) is 5.75 Å². The topological polar surface area (TPSA) is 35.2 Å². The standard InChI is InChI=1S/C16H18BrNO/c1-19-15-9-2-12(3-10-15)4-11-16(18)13-5-7-14(17)8-6-13/h2-3,5-10,16H,4,11,18H2,1H3. The molecule has 0 aliphatic heterocycles. The summed E-state index contributed by atoms with van der Waals surface area (Å²) in [5.74, 6) is 0.890. The van der Waals surface area contributed by atoms with Crippen molar-refractivity contribution in [2.24, 2.45) is 5.73 Å². The van der Waals surface area contributed by atoms with Crippen LogP contribution in [-0.4, -0.2) is 7.11 Å². The Morgan fingerprint density at radius 3 is 2.26 bits per heavy atom. The summed E-state index contributed by atoms with van der Waals surface area (Å²) in [4.78, 5) is 0. The van der Waals surface area contributed by atoms with Crippen LogP contribution in [0.5, 0.6) is 5.75 Å². The molecule has 2 rings (SSSR count). The van der Waals surface area contributed by atoms with E-state index < -0.39 is 0 Å². The van der Waals surface area contributed by atoms with E-state index in [0.717, 1.165) is 23.1 Å². The quantitative estimate of drug-likeness (QED) is 0.900. The monoisotopic (exact) mass is 319 g/mol. The van der Waals surface area contributed by atoms with Crippen LogP contribution in [0.4, 0.5) is 0 Å². The highest BCUT2D eigenvalue weighted by Gasteiger charge is 2.06. The molecule has 0 saturated carbocycles. The fraction of sp³-hybridized carbons (Fsp3) is 0.250. The maximum atomic E-state index is 6.21. The number of methoxy groups -OCH3 is 1. The predicted octanol–water partition coefficient (Wildman–Crippen LogP) is 4.09. The average Bonchev–Trinajstić information content (AvgIpc) is 2.46. The molecule has 2 N–H and O–H groups in total. The number of halogens is 1. The van der Waals surface area contributed by atoms with Gasteiger partial charge in [0.05, 0.1) is 7.11 Å². The summed E-state index contributed by atoms with van der Waals surface area (Å²) in [6.07, 6.45) is 1.91. The van der Waals surface area contributed by atoms with Gasteiger partial charge in [0, 0.05) is 10.5 Å². The van der Waals surface area contributed by atoms with Crippen LogP contribution in [0.15, 0.2) is 53.0 Å². The Morgan fingerprint density at radius 2 is 1.68 bits per heavy atom. The van der Waals surface area contributed by atoms with Gasteiger partial charge >= 0.3 is 0 Å². The Kier molecular flexibility index (Phi) is 5.00. The maximum Gasteiger partial charge on any atom is 0.118 e. The fourth-order valence-corrected chi connectivity index (χ4v) is 2.26. The van der Waals surface area contributed by atoms with Gasteiger partial charge in [-0.05, 0) is 48.2 Å². The molecule has 1 unspecified atom stereocenters. The van der Waals surface area contributed by atoms with Gasteiger partial charge in [0.25, 0.3) is 0 Å². The van der Waals surface area contributed by atoms with E-state index in [0.29, 0.717) is 0 Å². The van der Waals surface area contributed by atoms with Crippen LogP contribution in [0, 0.1) is 0 Å². The maximum absolute atomic E-state index is 6.21. The van der Waals surface area contributed by atoms with Crippen LogP contribution < -0.4 is 10.5 Å². The van der Waals surface area contributed by atoms with Gasteiger partial charge in [0.1, 0.15) is 5.75 Å². The lowest BCUT2D eigenvalue weighted by Crippen LogP contribution is -2.11.